The van der Waals surface area contributed by atoms with Gasteiger partial charge in [0.15, 0.2) is 0 Å². The smallest absolute Gasteiger partial charge is 0.319 e. The third-order valence-corrected chi connectivity index (χ3v) is 3.86. The topological polar surface area (TPSA) is 83.1 Å². The Morgan fingerprint density at radius 3 is 2.40 bits per heavy atom. The van der Waals surface area contributed by atoms with E-state index in [0.717, 1.165) is 23.2 Å². The van der Waals surface area contributed by atoms with Gasteiger partial charge in [0.05, 0.1) is 18.2 Å². The van der Waals surface area contributed by atoms with Gasteiger partial charge in [-0.1, -0.05) is 25.1 Å². The Kier molecular flexibility index (Phi) is 6.51. The zero-order chi connectivity index (χ0) is 18.2. The van der Waals surface area contributed by atoms with Crippen LogP contribution in [0.4, 0.5) is 10.5 Å². The predicted molar refractivity (Wildman–Crippen MR) is 98.4 cm³/mol. The minimum atomic E-state index is -0.284. The highest BCUT2D eigenvalue weighted by atomic mass is 16.2. The number of nitrogens with zero attached hydrogens (tertiary/aromatic N) is 1. The summed E-state index contributed by atoms with van der Waals surface area (Å²) >= 11 is 0. The molecule has 3 N–H and O–H groups in total. The number of carbonyl (C=O) groups excluding carboxylic acids is 2. The molecule has 0 spiro atoms. The van der Waals surface area contributed by atoms with E-state index in [1.807, 2.05) is 38.1 Å². The molecule has 1 aromatic carbocycles. The summed E-state index contributed by atoms with van der Waals surface area (Å²) in [7, 11) is 1.61. The Morgan fingerprint density at radius 2 is 1.84 bits per heavy atom. The van der Waals surface area contributed by atoms with Crippen LogP contribution in [-0.4, -0.2) is 24.0 Å². The number of rotatable bonds is 6. The van der Waals surface area contributed by atoms with Crippen LogP contribution < -0.4 is 16.0 Å². The summed E-state index contributed by atoms with van der Waals surface area (Å²) in [5.41, 5.74) is 3.48. The maximum Gasteiger partial charge on any atom is 0.319 e. The van der Waals surface area contributed by atoms with Crippen molar-refractivity contribution in [2.75, 3.05) is 12.4 Å². The fourth-order valence-corrected chi connectivity index (χ4v) is 2.38. The molecule has 0 fully saturated rings. The zero-order valence-corrected chi connectivity index (χ0v) is 14.8. The van der Waals surface area contributed by atoms with E-state index in [2.05, 4.69) is 20.9 Å². The first kappa shape index (κ1) is 18.4. The van der Waals surface area contributed by atoms with Crippen molar-refractivity contribution in [2.24, 2.45) is 0 Å². The van der Waals surface area contributed by atoms with Crippen molar-refractivity contribution in [3.63, 3.8) is 0 Å². The van der Waals surface area contributed by atoms with E-state index < -0.39 is 0 Å². The number of aryl methyl sites for hydroxylation is 1. The van der Waals surface area contributed by atoms with Crippen LogP contribution in [-0.2, 0) is 11.2 Å². The van der Waals surface area contributed by atoms with E-state index in [1.165, 1.54) is 0 Å². The van der Waals surface area contributed by atoms with E-state index in [1.54, 1.807) is 25.4 Å². The molecule has 25 heavy (non-hydrogen) atoms. The number of hydrogen-bond donors (Lipinski definition) is 3. The molecule has 0 aliphatic heterocycles. The Morgan fingerprint density at radius 1 is 1.12 bits per heavy atom. The number of anilines is 1. The number of hydrogen-bond acceptors (Lipinski definition) is 3. The number of amides is 3. The van der Waals surface area contributed by atoms with E-state index in [9.17, 15) is 9.59 Å². The number of urea groups is 1. The molecule has 132 valence electrons. The van der Waals surface area contributed by atoms with Crippen molar-refractivity contribution >= 4 is 17.6 Å². The van der Waals surface area contributed by atoms with Crippen LogP contribution in [0.15, 0.2) is 42.6 Å². The maximum absolute atomic E-state index is 12.2. The average Bonchev–Trinajstić information content (AvgIpc) is 2.62. The van der Waals surface area contributed by atoms with Gasteiger partial charge in [-0.3, -0.25) is 9.78 Å². The molecule has 0 aliphatic carbocycles. The first-order valence-electron chi connectivity index (χ1n) is 8.31. The lowest BCUT2D eigenvalue weighted by atomic mass is 10.1. The first-order valence-corrected chi connectivity index (χ1v) is 8.31. The lowest BCUT2D eigenvalue weighted by molar-refractivity contribution is -0.119. The van der Waals surface area contributed by atoms with E-state index in [4.69, 9.17) is 0 Å². The van der Waals surface area contributed by atoms with Crippen LogP contribution in [0, 0.1) is 6.92 Å². The Hall–Kier alpha value is -2.89. The SMILES string of the molecule is CC[C@@H](NC(=O)Nc1ccc(CC(=O)NC)cc1)c1ccc(C)cn1. The van der Waals surface area contributed by atoms with Gasteiger partial charge in [0.2, 0.25) is 5.91 Å². The standard InChI is InChI=1S/C19H24N4O2/c1-4-16(17-10-5-13(2)12-21-17)23-19(25)22-15-8-6-14(7-9-15)11-18(24)20-3/h5-10,12,16H,4,11H2,1-3H3,(H,20,24)(H2,22,23,25)/t16-/m1/s1. The number of benzene rings is 1. The Bertz CT molecular complexity index is 711. The summed E-state index contributed by atoms with van der Waals surface area (Å²) in [6.07, 6.45) is 2.86. The predicted octanol–water partition coefficient (Wildman–Crippen LogP) is 2.95. The fourth-order valence-electron chi connectivity index (χ4n) is 2.38. The average molecular weight is 340 g/mol. The summed E-state index contributed by atoms with van der Waals surface area (Å²) in [5, 5.41) is 8.32. The van der Waals surface area contributed by atoms with E-state index in [0.29, 0.717) is 12.1 Å². The number of likely N-dealkylation sites (N-methyl/N-ethyl adjacent to an activating group) is 1. The van der Waals surface area contributed by atoms with Crippen LogP contribution in [0.25, 0.3) is 0 Å². The third-order valence-electron chi connectivity index (χ3n) is 3.86. The summed E-state index contributed by atoms with van der Waals surface area (Å²) in [4.78, 5) is 28.0. The van der Waals surface area contributed by atoms with Gasteiger partial charge in [-0.15, -0.1) is 0 Å². The fraction of sp³-hybridized carbons (Fsp3) is 0.316. The molecule has 1 heterocycles. The van der Waals surface area contributed by atoms with Crippen LogP contribution in [0.3, 0.4) is 0 Å². The van der Waals surface area contributed by atoms with Crippen molar-refractivity contribution < 1.29 is 9.59 Å². The van der Waals surface area contributed by atoms with Gasteiger partial charge in [0.1, 0.15) is 0 Å². The van der Waals surface area contributed by atoms with Crippen molar-refractivity contribution in [1.29, 1.82) is 0 Å². The molecule has 0 saturated carbocycles. The van der Waals surface area contributed by atoms with E-state index >= 15 is 0 Å². The number of pyridine rings is 1. The molecule has 2 rings (SSSR count). The van der Waals surface area contributed by atoms with Gasteiger partial charge in [0.25, 0.3) is 0 Å². The molecular weight excluding hydrogens is 316 g/mol. The molecule has 0 saturated heterocycles. The number of nitrogens with one attached hydrogen (secondary N) is 3. The minimum Gasteiger partial charge on any atom is -0.359 e. The minimum absolute atomic E-state index is 0.0464. The van der Waals surface area contributed by atoms with Gasteiger partial charge < -0.3 is 16.0 Å². The summed E-state index contributed by atoms with van der Waals surface area (Å²) in [5.74, 6) is -0.0464. The van der Waals surface area contributed by atoms with Gasteiger partial charge in [0, 0.05) is 18.9 Å². The lowest BCUT2D eigenvalue weighted by Gasteiger charge is -2.17. The summed E-state index contributed by atoms with van der Waals surface area (Å²) in [6.45, 7) is 3.98. The second-order valence-corrected chi connectivity index (χ2v) is 5.87. The molecule has 3 amide bonds. The van der Waals surface area contributed by atoms with Gasteiger partial charge >= 0.3 is 6.03 Å². The van der Waals surface area contributed by atoms with Gasteiger partial charge in [-0.2, -0.15) is 0 Å². The molecule has 0 radical (unpaired) electrons. The first-order chi connectivity index (χ1) is 12.0. The van der Waals surface area contributed by atoms with Crippen molar-refractivity contribution in [3.8, 4) is 0 Å². The Balaban J connectivity index is 1.94. The molecule has 1 atom stereocenters. The molecule has 0 unspecified atom stereocenters. The van der Waals surface area contributed by atoms with Crippen molar-refractivity contribution in [2.45, 2.75) is 32.7 Å². The summed E-state index contributed by atoms with van der Waals surface area (Å²) < 4.78 is 0. The van der Waals surface area contributed by atoms with Crippen LogP contribution in [0.1, 0.15) is 36.2 Å². The van der Waals surface area contributed by atoms with Crippen molar-refractivity contribution in [3.05, 3.63) is 59.4 Å². The van der Waals surface area contributed by atoms with Gasteiger partial charge in [-0.25, -0.2) is 4.79 Å². The molecule has 6 nitrogen and oxygen atoms in total. The molecule has 0 aliphatic rings. The molecule has 1 aromatic heterocycles. The molecule has 0 bridgehead atoms. The third kappa shape index (κ3) is 5.60. The van der Waals surface area contributed by atoms with E-state index in [-0.39, 0.29) is 18.0 Å². The van der Waals surface area contributed by atoms with Gasteiger partial charge in [-0.05, 0) is 42.7 Å². The lowest BCUT2D eigenvalue weighted by Crippen LogP contribution is -2.32. The zero-order valence-electron chi connectivity index (χ0n) is 14.8. The maximum atomic E-state index is 12.2. The normalized spacial score (nSPS) is 11.5. The second-order valence-electron chi connectivity index (χ2n) is 5.87. The highest BCUT2D eigenvalue weighted by molar-refractivity contribution is 5.89. The largest absolute Gasteiger partial charge is 0.359 e. The molecule has 6 heteroatoms. The highest BCUT2D eigenvalue weighted by Crippen LogP contribution is 2.15. The summed E-state index contributed by atoms with van der Waals surface area (Å²) in [6, 6.07) is 10.7. The highest BCUT2D eigenvalue weighted by Gasteiger charge is 2.14. The number of carbonyl (C=O) groups is 2. The number of aromatic nitrogens is 1. The quantitative estimate of drug-likeness (QED) is 0.756. The monoisotopic (exact) mass is 340 g/mol. The second kappa shape index (κ2) is 8.82. The van der Waals surface area contributed by atoms with Crippen LogP contribution >= 0.6 is 0 Å². The van der Waals surface area contributed by atoms with Crippen LogP contribution in [0.2, 0.25) is 0 Å². The van der Waals surface area contributed by atoms with Crippen molar-refractivity contribution in [1.82, 2.24) is 15.6 Å². The van der Waals surface area contributed by atoms with Crippen LogP contribution in [0.5, 0.6) is 0 Å². The Labute approximate surface area is 148 Å². The molecule has 2 aromatic rings. The molecular formula is C19H24N4O2.